The van der Waals surface area contributed by atoms with E-state index in [9.17, 15) is 0 Å². The first kappa shape index (κ1) is 22.7. The highest BCUT2D eigenvalue weighted by Crippen LogP contribution is 2.28. The van der Waals surface area contributed by atoms with Crippen molar-refractivity contribution in [1.29, 1.82) is 0 Å². The largest absolute Gasteiger partial charge is 0.426 e. The van der Waals surface area contributed by atoms with E-state index in [1.807, 2.05) is 74.6 Å². The van der Waals surface area contributed by atoms with Crippen LogP contribution in [0.2, 0.25) is 0 Å². The number of ether oxygens (including phenoxy) is 1. The molecule has 0 radical (unpaired) electrons. The van der Waals surface area contributed by atoms with Gasteiger partial charge in [0.05, 0.1) is 5.38 Å². The molecule has 5 heteroatoms. The predicted octanol–water partition coefficient (Wildman–Crippen LogP) is 6.07. The first-order valence-corrected chi connectivity index (χ1v) is 10.9. The van der Waals surface area contributed by atoms with Crippen LogP contribution in [0.4, 0.5) is 0 Å². The van der Waals surface area contributed by atoms with Crippen molar-refractivity contribution >= 4 is 17.6 Å². The number of allylic oxidation sites excluding steroid dienone is 9. The first-order valence-electron chi connectivity index (χ1n) is 10.4. The summed E-state index contributed by atoms with van der Waals surface area (Å²) in [5.41, 5.74) is 3.20. The molecule has 162 valence electrons. The van der Waals surface area contributed by atoms with Gasteiger partial charge in [-0.25, -0.2) is 4.99 Å². The minimum Gasteiger partial charge on any atom is -0.426 e. The Morgan fingerprint density at radius 2 is 1.90 bits per heavy atom. The van der Waals surface area contributed by atoms with Gasteiger partial charge in [0.1, 0.15) is 5.75 Å². The van der Waals surface area contributed by atoms with Crippen LogP contribution in [-0.4, -0.2) is 23.3 Å². The van der Waals surface area contributed by atoms with Gasteiger partial charge >= 0.3 is 0 Å². The lowest BCUT2D eigenvalue weighted by Gasteiger charge is -2.23. The highest BCUT2D eigenvalue weighted by molar-refractivity contribution is 6.22. The Balaban J connectivity index is 1.89. The molecule has 0 spiro atoms. The molecular formula is C26H30ClN3O. The van der Waals surface area contributed by atoms with Gasteiger partial charge in [-0.2, -0.15) is 0 Å². The van der Waals surface area contributed by atoms with E-state index in [0.717, 1.165) is 17.0 Å². The van der Waals surface area contributed by atoms with E-state index in [4.69, 9.17) is 16.3 Å². The molecule has 0 bridgehead atoms. The summed E-state index contributed by atoms with van der Waals surface area (Å²) in [5.74, 6) is 0.892. The standard InChI is InChI=1S/C26H30ClN3O/c1-19-8-7-10-23(17-19)31-26-28-13-11-24(25(27)18-21(3)29-26)22-9-5-6-14-30(4)15-12-20(2)16-22/h5-18,22,24-25H,1-4H3,(H,28,29)/b9-5?,13-11+,14-6+,15-12-,20-16+,21-18+. The number of amidine groups is 1. The average Bonchev–Trinajstić information content (AvgIpc) is 2.77. The van der Waals surface area contributed by atoms with Crippen LogP contribution in [0.1, 0.15) is 19.4 Å². The number of alkyl halides is 1. The first-order chi connectivity index (χ1) is 14.9. The fraction of sp³-hybridized carbons (Fsp3) is 0.269. The van der Waals surface area contributed by atoms with Crippen LogP contribution in [0.25, 0.3) is 0 Å². The van der Waals surface area contributed by atoms with Crippen molar-refractivity contribution in [2.24, 2.45) is 16.8 Å². The van der Waals surface area contributed by atoms with E-state index in [0.29, 0.717) is 6.02 Å². The molecular weight excluding hydrogens is 406 g/mol. The molecule has 31 heavy (non-hydrogen) atoms. The summed E-state index contributed by atoms with van der Waals surface area (Å²) in [5, 5.41) is 3.01. The summed E-state index contributed by atoms with van der Waals surface area (Å²) >= 11 is 6.86. The lowest BCUT2D eigenvalue weighted by Crippen LogP contribution is -2.27. The van der Waals surface area contributed by atoms with Gasteiger partial charge < -0.3 is 15.0 Å². The van der Waals surface area contributed by atoms with Gasteiger partial charge in [0.25, 0.3) is 6.02 Å². The van der Waals surface area contributed by atoms with Gasteiger partial charge in [-0.05, 0) is 56.7 Å². The van der Waals surface area contributed by atoms with Gasteiger partial charge in [0.2, 0.25) is 0 Å². The fourth-order valence-corrected chi connectivity index (χ4v) is 3.85. The maximum atomic E-state index is 6.86. The van der Waals surface area contributed by atoms with Gasteiger partial charge in [0.15, 0.2) is 0 Å². The summed E-state index contributed by atoms with van der Waals surface area (Å²) in [7, 11) is 2.01. The summed E-state index contributed by atoms with van der Waals surface area (Å²) in [6.07, 6.45) is 20.5. The zero-order valence-electron chi connectivity index (χ0n) is 18.5. The number of hydrogen-bond acceptors (Lipinski definition) is 4. The number of halogens is 1. The van der Waals surface area contributed by atoms with E-state index in [1.165, 1.54) is 5.57 Å². The van der Waals surface area contributed by atoms with Crippen molar-refractivity contribution in [1.82, 2.24) is 10.2 Å². The van der Waals surface area contributed by atoms with Crippen LogP contribution in [0, 0.1) is 18.8 Å². The Kier molecular flexibility index (Phi) is 7.96. The van der Waals surface area contributed by atoms with Crippen LogP contribution < -0.4 is 10.1 Å². The van der Waals surface area contributed by atoms with Gasteiger partial charge in [-0.15, -0.1) is 11.6 Å². The van der Waals surface area contributed by atoms with Crippen molar-refractivity contribution in [2.45, 2.75) is 26.1 Å². The van der Waals surface area contributed by atoms with Crippen molar-refractivity contribution in [3.63, 3.8) is 0 Å². The van der Waals surface area contributed by atoms with Crippen LogP contribution in [0.5, 0.6) is 5.75 Å². The van der Waals surface area contributed by atoms with Crippen LogP contribution in [0.3, 0.4) is 0 Å². The highest BCUT2D eigenvalue weighted by Gasteiger charge is 2.23. The Morgan fingerprint density at radius 1 is 1.06 bits per heavy atom. The maximum Gasteiger partial charge on any atom is 0.299 e. The third-order valence-electron chi connectivity index (χ3n) is 5.02. The van der Waals surface area contributed by atoms with Crippen LogP contribution >= 0.6 is 11.6 Å². The molecule has 0 fully saturated rings. The topological polar surface area (TPSA) is 36.9 Å². The normalized spacial score (nSPS) is 30.7. The second-order valence-corrected chi connectivity index (χ2v) is 8.39. The molecule has 3 rings (SSSR count). The Hall–Kier alpha value is -2.98. The molecule has 0 aliphatic carbocycles. The molecule has 0 amide bonds. The number of nitrogens with one attached hydrogen (secondary N) is 1. The highest BCUT2D eigenvalue weighted by atomic mass is 35.5. The molecule has 0 aromatic heterocycles. The van der Waals surface area contributed by atoms with Gasteiger partial charge in [-0.1, -0.05) is 42.0 Å². The molecule has 2 aliphatic heterocycles. The Morgan fingerprint density at radius 3 is 2.71 bits per heavy atom. The average molecular weight is 436 g/mol. The Bertz CT molecular complexity index is 984. The monoisotopic (exact) mass is 435 g/mol. The SMILES string of the molecule is CC1=C\C(C2/C=C/N=C(Oc3cccc(C)c3)N/C(C)=C/C2Cl)C=C/C=C/N(C)/C=C\1. The quantitative estimate of drug-likeness (QED) is 0.573. The molecule has 1 N–H and O–H groups in total. The predicted molar refractivity (Wildman–Crippen MR) is 131 cm³/mol. The number of benzene rings is 1. The number of aryl methyl sites for hydroxylation is 1. The molecule has 3 unspecified atom stereocenters. The molecule has 0 saturated heterocycles. The molecule has 1 aromatic carbocycles. The number of hydrogen-bond donors (Lipinski definition) is 1. The van der Waals surface area contributed by atoms with Crippen molar-refractivity contribution in [2.75, 3.05) is 7.05 Å². The molecule has 0 saturated carbocycles. The van der Waals surface area contributed by atoms with Crippen LogP contribution in [0.15, 0.2) is 102 Å². The van der Waals surface area contributed by atoms with E-state index in [2.05, 4.69) is 47.6 Å². The third kappa shape index (κ3) is 7.04. The maximum absolute atomic E-state index is 6.86. The van der Waals surface area contributed by atoms with Gasteiger partial charge in [-0.3, -0.25) is 0 Å². The number of nitrogens with zero attached hydrogens (tertiary/aromatic N) is 2. The minimum atomic E-state index is -0.213. The van der Waals surface area contributed by atoms with E-state index < -0.39 is 0 Å². The van der Waals surface area contributed by atoms with Crippen LogP contribution in [-0.2, 0) is 0 Å². The zero-order valence-corrected chi connectivity index (χ0v) is 19.3. The number of rotatable bonds is 2. The second-order valence-electron chi connectivity index (χ2n) is 7.89. The Labute approximate surface area is 190 Å². The molecule has 1 aromatic rings. The minimum absolute atomic E-state index is 0.0330. The smallest absolute Gasteiger partial charge is 0.299 e. The van der Waals surface area contributed by atoms with E-state index >= 15 is 0 Å². The van der Waals surface area contributed by atoms with Crippen molar-refractivity contribution in [3.8, 4) is 5.75 Å². The van der Waals surface area contributed by atoms with Gasteiger partial charge in [0, 0.05) is 43.2 Å². The molecule has 2 heterocycles. The lowest BCUT2D eigenvalue weighted by molar-refractivity contribution is 0.525. The van der Waals surface area contributed by atoms with E-state index in [-0.39, 0.29) is 17.2 Å². The fourth-order valence-electron chi connectivity index (χ4n) is 3.41. The summed E-state index contributed by atoms with van der Waals surface area (Å²) in [4.78, 5) is 6.55. The van der Waals surface area contributed by atoms with Crippen molar-refractivity contribution < 1.29 is 4.74 Å². The zero-order chi connectivity index (χ0) is 22.2. The second kappa shape index (κ2) is 10.9. The summed E-state index contributed by atoms with van der Waals surface area (Å²) in [6, 6.07) is 8.30. The lowest BCUT2D eigenvalue weighted by atomic mass is 9.86. The molecule has 3 atom stereocenters. The van der Waals surface area contributed by atoms with E-state index in [1.54, 1.807) is 6.20 Å². The van der Waals surface area contributed by atoms with Crippen molar-refractivity contribution in [3.05, 3.63) is 102 Å². The summed E-state index contributed by atoms with van der Waals surface area (Å²) < 4.78 is 5.96. The summed E-state index contributed by atoms with van der Waals surface area (Å²) in [6.45, 7) is 6.11. The molecule has 2 aliphatic rings. The third-order valence-corrected chi connectivity index (χ3v) is 5.44. The number of aliphatic imine (C=N–C) groups is 1. The molecule has 4 nitrogen and oxygen atoms in total.